The predicted molar refractivity (Wildman–Crippen MR) is 191 cm³/mol. The van der Waals surface area contributed by atoms with Crippen molar-refractivity contribution < 1.29 is 37.6 Å². The molecule has 52 heavy (non-hydrogen) atoms. The van der Waals surface area contributed by atoms with Crippen molar-refractivity contribution in [2.75, 3.05) is 77.8 Å². The zero-order valence-electron chi connectivity index (χ0n) is 29.3. The maximum Gasteiger partial charge on any atom is 0.319 e. The molecule has 3 unspecified atom stereocenters. The van der Waals surface area contributed by atoms with Crippen molar-refractivity contribution in [3.05, 3.63) is 41.5 Å². The van der Waals surface area contributed by atoms with Crippen LogP contribution in [0, 0.1) is 29.4 Å². The fourth-order valence-corrected chi connectivity index (χ4v) is 8.78. The van der Waals surface area contributed by atoms with E-state index in [1.54, 1.807) is 0 Å². The average molecular weight is 716 g/mol. The largest absolute Gasteiger partial charge is 0.508 e. The molecular weight excluding hydrogens is 672 g/mol. The molecule has 4 fully saturated rings. The molecule has 3 aliphatic heterocycles. The Morgan fingerprint density at radius 2 is 1.88 bits per heavy atom. The smallest absolute Gasteiger partial charge is 0.319 e. The second-order valence-electron chi connectivity index (χ2n) is 14.2. The Morgan fingerprint density at radius 3 is 2.71 bits per heavy atom. The summed E-state index contributed by atoms with van der Waals surface area (Å²) in [7, 11) is 1.44. The first-order valence-electron chi connectivity index (χ1n) is 18.2. The van der Waals surface area contributed by atoms with E-state index < -0.39 is 11.6 Å². The number of anilines is 1. The summed E-state index contributed by atoms with van der Waals surface area (Å²) < 4.78 is 62.0. The molecule has 4 aromatic rings. The number of phenolic OH excluding ortho intramolecular Hbond substituents is 1. The van der Waals surface area contributed by atoms with Crippen molar-refractivity contribution in [3.8, 4) is 41.2 Å². The first kappa shape index (κ1) is 34.7. The van der Waals surface area contributed by atoms with Gasteiger partial charge < -0.3 is 33.7 Å². The molecule has 4 aliphatic rings. The lowest BCUT2D eigenvalue weighted by Crippen LogP contribution is -2.54. The summed E-state index contributed by atoms with van der Waals surface area (Å²) in [6, 6.07) is 5.83. The summed E-state index contributed by atoms with van der Waals surface area (Å²) in [5, 5.41) is 11.6. The second-order valence-corrected chi connectivity index (χ2v) is 14.2. The lowest BCUT2D eigenvalue weighted by molar-refractivity contribution is -0.111. The van der Waals surface area contributed by atoms with Gasteiger partial charge in [-0.05, 0) is 62.2 Å². The highest BCUT2D eigenvalue weighted by molar-refractivity contribution is 6.04. The van der Waals surface area contributed by atoms with Crippen LogP contribution < -0.4 is 14.4 Å². The quantitative estimate of drug-likeness (QED) is 0.235. The van der Waals surface area contributed by atoms with Gasteiger partial charge in [0.15, 0.2) is 5.82 Å². The fraction of sp³-hybridized carbons (Fsp3) is 0.513. The number of phenols is 1. The highest BCUT2D eigenvalue weighted by atomic mass is 19.1. The molecule has 0 bridgehead atoms. The van der Waals surface area contributed by atoms with E-state index in [2.05, 4.69) is 15.8 Å². The SMILES string of the molecule is C#Cc1c(F)ccc2cc(O)cc(-c3nc(OC)c4c(N5CCCOCC5)nc(OCC56CCCC5N(CC5COCCO5)CCC6)nc4c3F)c12. The number of aromatic hydroxyl groups is 1. The highest BCUT2D eigenvalue weighted by Gasteiger charge is 2.49. The minimum Gasteiger partial charge on any atom is -0.508 e. The molecule has 3 atom stereocenters. The molecule has 2 aromatic carbocycles. The van der Waals surface area contributed by atoms with Gasteiger partial charge in [-0.1, -0.05) is 18.4 Å². The molecule has 5 heterocycles. The van der Waals surface area contributed by atoms with Gasteiger partial charge in [0.1, 0.15) is 34.0 Å². The van der Waals surface area contributed by atoms with Gasteiger partial charge in [-0.25, -0.2) is 13.8 Å². The van der Waals surface area contributed by atoms with E-state index in [9.17, 15) is 5.11 Å². The molecule has 3 saturated heterocycles. The predicted octanol–water partition coefficient (Wildman–Crippen LogP) is 5.47. The van der Waals surface area contributed by atoms with Crippen LogP contribution >= 0.6 is 0 Å². The third-order valence-corrected chi connectivity index (χ3v) is 11.1. The van der Waals surface area contributed by atoms with Crippen molar-refractivity contribution in [1.29, 1.82) is 0 Å². The Bertz CT molecular complexity index is 2010. The van der Waals surface area contributed by atoms with Crippen LogP contribution in [0.25, 0.3) is 32.9 Å². The fourth-order valence-electron chi connectivity index (χ4n) is 8.78. The van der Waals surface area contributed by atoms with Gasteiger partial charge >= 0.3 is 6.01 Å². The van der Waals surface area contributed by atoms with E-state index in [0.717, 1.165) is 51.6 Å². The molecule has 13 heteroatoms. The number of ether oxygens (including phenoxy) is 5. The topological polar surface area (TPSA) is 112 Å². The highest BCUT2D eigenvalue weighted by Crippen LogP contribution is 2.48. The molecule has 8 rings (SSSR count). The minimum absolute atomic E-state index is 0.0445. The Hall–Kier alpha value is -4.35. The number of likely N-dealkylation sites (tertiary alicyclic amines) is 1. The van der Waals surface area contributed by atoms with Gasteiger partial charge in [0, 0.05) is 48.6 Å². The van der Waals surface area contributed by atoms with Gasteiger partial charge in [0.05, 0.1) is 51.8 Å². The number of halogens is 2. The summed E-state index contributed by atoms with van der Waals surface area (Å²) in [6.45, 7) is 6.21. The molecule has 1 N–H and O–H groups in total. The van der Waals surface area contributed by atoms with E-state index >= 15 is 8.78 Å². The van der Waals surface area contributed by atoms with E-state index in [0.29, 0.717) is 70.0 Å². The number of pyridine rings is 1. The van der Waals surface area contributed by atoms with Gasteiger partial charge in [-0.2, -0.15) is 9.97 Å². The molecule has 0 radical (unpaired) electrons. The molecule has 0 amide bonds. The van der Waals surface area contributed by atoms with Crippen molar-refractivity contribution in [3.63, 3.8) is 0 Å². The lowest BCUT2D eigenvalue weighted by Gasteiger charge is -2.47. The van der Waals surface area contributed by atoms with E-state index in [4.69, 9.17) is 40.1 Å². The number of hydrogen-bond acceptors (Lipinski definition) is 11. The first-order chi connectivity index (χ1) is 25.4. The number of aromatic nitrogens is 3. The zero-order valence-corrected chi connectivity index (χ0v) is 29.3. The number of nitrogens with zero attached hydrogens (tertiary/aromatic N) is 5. The molecule has 2 aromatic heterocycles. The van der Waals surface area contributed by atoms with Crippen LogP contribution in [0.5, 0.6) is 17.6 Å². The van der Waals surface area contributed by atoms with Gasteiger partial charge in [0.2, 0.25) is 5.88 Å². The van der Waals surface area contributed by atoms with Crippen LogP contribution in [-0.4, -0.2) is 110 Å². The van der Waals surface area contributed by atoms with Crippen LogP contribution in [0.1, 0.15) is 44.1 Å². The number of piperidine rings is 1. The molecule has 274 valence electrons. The van der Waals surface area contributed by atoms with Crippen molar-refractivity contribution in [2.24, 2.45) is 5.41 Å². The second kappa shape index (κ2) is 14.6. The summed E-state index contributed by atoms with van der Waals surface area (Å²) in [4.78, 5) is 18.8. The van der Waals surface area contributed by atoms with Crippen LogP contribution in [-0.2, 0) is 14.2 Å². The summed E-state index contributed by atoms with van der Waals surface area (Å²) >= 11 is 0. The Kier molecular flexibility index (Phi) is 9.74. The maximum atomic E-state index is 17.2. The summed E-state index contributed by atoms with van der Waals surface area (Å²) in [5.41, 5.74) is -0.346. The molecule has 1 saturated carbocycles. The van der Waals surface area contributed by atoms with Crippen LogP contribution in [0.2, 0.25) is 0 Å². The number of fused-ring (bicyclic) bond motifs is 3. The minimum atomic E-state index is -0.801. The summed E-state index contributed by atoms with van der Waals surface area (Å²) in [5.74, 6) is 1.28. The van der Waals surface area contributed by atoms with Crippen molar-refractivity contribution in [2.45, 2.75) is 50.7 Å². The van der Waals surface area contributed by atoms with E-state index in [1.165, 1.54) is 31.4 Å². The zero-order chi connectivity index (χ0) is 35.8. The van der Waals surface area contributed by atoms with Gasteiger partial charge in [-0.15, -0.1) is 6.42 Å². The number of terminal acetylenes is 1. The standard InChI is InChI=1S/C39H43F2N5O6/c1-3-27-29(40)9-8-24-19-25(47)20-28(31(24)27)34-33(41)35-32(37(42-34)48-2)36(45-13-6-15-49-16-14-45)44-38(43-35)52-23-39-10-4-7-30(39)46(12-5-11-39)21-26-22-50-17-18-51-26/h1,8-9,19-20,26,30,47H,4-7,10-18,21-23H2,2H3. The Balaban J connectivity index is 1.23. The molecule has 11 nitrogen and oxygen atoms in total. The van der Waals surface area contributed by atoms with Crippen LogP contribution in [0.15, 0.2) is 24.3 Å². The maximum absolute atomic E-state index is 17.2. The average Bonchev–Trinajstić information content (AvgIpc) is 3.41. The monoisotopic (exact) mass is 715 g/mol. The molecule has 1 aliphatic carbocycles. The van der Waals surface area contributed by atoms with Crippen LogP contribution in [0.3, 0.4) is 0 Å². The number of hydrogen-bond donors (Lipinski definition) is 1. The third-order valence-electron chi connectivity index (χ3n) is 11.1. The normalized spacial score (nSPS) is 24.1. The van der Waals surface area contributed by atoms with Gasteiger partial charge in [-0.3, -0.25) is 4.90 Å². The number of benzene rings is 2. The number of rotatable bonds is 8. The Labute approximate surface area is 301 Å². The number of methoxy groups -OCH3 is 1. The molecule has 0 spiro atoms. The first-order valence-corrected chi connectivity index (χ1v) is 18.2. The van der Waals surface area contributed by atoms with Crippen molar-refractivity contribution >= 4 is 27.5 Å². The van der Waals surface area contributed by atoms with E-state index in [1.807, 2.05) is 4.90 Å². The third kappa shape index (κ3) is 6.36. The van der Waals surface area contributed by atoms with E-state index in [-0.39, 0.29) is 62.3 Å². The van der Waals surface area contributed by atoms with Crippen molar-refractivity contribution in [1.82, 2.24) is 19.9 Å². The lowest BCUT2D eigenvalue weighted by atomic mass is 9.75. The summed E-state index contributed by atoms with van der Waals surface area (Å²) in [6.07, 6.45) is 11.7. The van der Waals surface area contributed by atoms with Crippen LogP contribution in [0.4, 0.5) is 14.6 Å². The Morgan fingerprint density at radius 1 is 1.00 bits per heavy atom. The van der Waals surface area contributed by atoms with Gasteiger partial charge in [0.25, 0.3) is 0 Å². The molecular formula is C39H43F2N5O6.